The van der Waals surface area contributed by atoms with Crippen LogP contribution in [0.1, 0.15) is 17.3 Å². The van der Waals surface area contributed by atoms with Gasteiger partial charge in [0, 0.05) is 49.5 Å². The fraction of sp³-hybridized carbons (Fsp3) is 0.0161. The standard InChI is InChI=1S/C62H40N8/c1-4-18-40(19-5-1)57-63-58(66-61(65-57)52-28-16-27-46-45-24-11-10-17-39(45)33-36-47(46)52)43-31-34-44(35-32-43)69-53-29-14-12-25-48(53)50-37-38-51-49-26-13-15-30-54(49)70(56(51)55(50)69)62-67-59(41-20-6-2-7-21-41)64-60(68-62)42-22-8-3-9-23-42/h1-38,59H,(H,64,67,68). The first kappa shape index (κ1) is 39.6. The molecule has 0 amide bonds. The van der Waals surface area contributed by atoms with Gasteiger partial charge in [-0.15, -0.1) is 0 Å². The number of aromatic nitrogens is 5. The van der Waals surface area contributed by atoms with Gasteiger partial charge in [0.2, 0.25) is 5.96 Å². The summed E-state index contributed by atoms with van der Waals surface area (Å²) < 4.78 is 4.70. The van der Waals surface area contributed by atoms with Crippen LogP contribution in [-0.2, 0) is 0 Å². The van der Waals surface area contributed by atoms with Gasteiger partial charge in [-0.2, -0.15) is 4.99 Å². The third-order valence-electron chi connectivity index (χ3n) is 13.6. The fourth-order valence-corrected chi connectivity index (χ4v) is 10.4. The summed E-state index contributed by atoms with van der Waals surface area (Å²) in [7, 11) is 0. The molecule has 1 aliphatic rings. The molecule has 328 valence electrons. The summed E-state index contributed by atoms with van der Waals surface area (Å²) in [6.45, 7) is 0. The molecule has 0 saturated carbocycles. The largest absolute Gasteiger partial charge is 0.330 e. The number of fused-ring (bicyclic) bond motifs is 10. The highest BCUT2D eigenvalue weighted by Crippen LogP contribution is 2.41. The number of nitrogens with one attached hydrogen (secondary N) is 1. The molecular formula is C62H40N8. The first-order chi connectivity index (χ1) is 34.7. The van der Waals surface area contributed by atoms with Crippen molar-refractivity contribution in [1.82, 2.24) is 29.4 Å². The van der Waals surface area contributed by atoms with Gasteiger partial charge in [-0.3, -0.25) is 4.57 Å². The second-order valence-electron chi connectivity index (χ2n) is 17.7. The summed E-state index contributed by atoms with van der Waals surface area (Å²) in [5.41, 5.74) is 10.0. The van der Waals surface area contributed by atoms with Crippen LogP contribution >= 0.6 is 0 Å². The Balaban J connectivity index is 0.967. The van der Waals surface area contributed by atoms with E-state index in [-0.39, 0.29) is 6.17 Å². The van der Waals surface area contributed by atoms with Crippen molar-refractivity contribution in [3.05, 3.63) is 242 Å². The predicted molar refractivity (Wildman–Crippen MR) is 287 cm³/mol. The summed E-state index contributed by atoms with van der Waals surface area (Å²) in [6.07, 6.45) is -0.364. The van der Waals surface area contributed by atoms with Crippen molar-refractivity contribution in [2.75, 3.05) is 0 Å². The zero-order valence-electron chi connectivity index (χ0n) is 37.6. The molecule has 0 aliphatic carbocycles. The van der Waals surface area contributed by atoms with Gasteiger partial charge in [-0.05, 0) is 63.5 Å². The molecule has 4 heterocycles. The fourth-order valence-electron chi connectivity index (χ4n) is 10.4. The van der Waals surface area contributed by atoms with E-state index in [1.807, 2.05) is 42.5 Å². The first-order valence-electron chi connectivity index (χ1n) is 23.5. The molecule has 0 bridgehead atoms. The van der Waals surface area contributed by atoms with Gasteiger partial charge in [0.1, 0.15) is 6.17 Å². The molecule has 1 atom stereocenters. The maximum absolute atomic E-state index is 5.36. The number of hydrogen-bond donors (Lipinski definition) is 1. The van der Waals surface area contributed by atoms with Gasteiger partial charge in [-0.1, -0.05) is 194 Å². The highest BCUT2D eigenvalue weighted by molar-refractivity contribution is 6.26. The quantitative estimate of drug-likeness (QED) is 0.169. The zero-order valence-corrected chi connectivity index (χ0v) is 37.6. The van der Waals surface area contributed by atoms with Crippen molar-refractivity contribution in [2.45, 2.75) is 6.17 Å². The third kappa shape index (κ3) is 6.42. The van der Waals surface area contributed by atoms with Gasteiger partial charge < -0.3 is 9.88 Å². The first-order valence-corrected chi connectivity index (χ1v) is 23.5. The topological polar surface area (TPSA) is 85.3 Å². The summed E-state index contributed by atoms with van der Waals surface area (Å²) in [4.78, 5) is 26.1. The van der Waals surface area contributed by atoms with E-state index in [1.165, 1.54) is 10.8 Å². The lowest BCUT2D eigenvalue weighted by molar-refractivity contribution is 0.661. The average molecular weight is 897 g/mol. The molecule has 3 aromatic heterocycles. The lowest BCUT2D eigenvalue weighted by Crippen LogP contribution is -2.37. The van der Waals surface area contributed by atoms with Gasteiger partial charge in [0.25, 0.3) is 0 Å². The van der Waals surface area contributed by atoms with Gasteiger partial charge in [0.05, 0.1) is 22.1 Å². The van der Waals surface area contributed by atoms with Crippen LogP contribution in [0.2, 0.25) is 0 Å². The predicted octanol–water partition coefficient (Wildman–Crippen LogP) is 14.3. The molecule has 14 rings (SSSR count). The van der Waals surface area contributed by atoms with E-state index in [9.17, 15) is 0 Å². The number of amidine groups is 1. The molecule has 0 fully saturated rings. The smallest absolute Gasteiger partial charge is 0.212 e. The van der Waals surface area contributed by atoms with Crippen molar-refractivity contribution in [3.8, 4) is 39.9 Å². The van der Waals surface area contributed by atoms with E-state index >= 15 is 0 Å². The van der Waals surface area contributed by atoms with E-state index in [2.05, 4.69) is 203 Å². The normalized spacial score (nSPS) is 13.9. The number of aliphatic imine (C=N–C) groups is 2. The van der Waals surface area contributed by atoms with E-state index in [4.69, 9.17) is 24.9 Å². The van der Waals surface area contributed by atoms with Crippen molar-refractivity contribution in [1.29, 1.82) is 0 Å². The number of hydrogen-bond acceptors (Lipinski definition) is 6. The number of benzene rings is 10. The molecule has 1 N–H and O–H groups in total. The van der Waals surface area contributed by atoms with Crippen molar-refractivity contribution in [2.24, 2.45) is 9.98 Å². The van der Waals surface area contributed by atoms with Crippen LogP contribution in [0.25, 0.3) is 105 Å². The summed E-state index contributed by atoms with van der Waals surface area (Å²) >= 11 is 0. The van der Waals surface area contributed by atoms with Crippen LogP contribution in [0.5, 0.6) is 0 Å². The number of para-hydroxylation sites is 2. The van der Waals surface area contributed by atoms with Crippen LogP contribution in [0.4, 0.5) is 0 Å². The van der Waals surface area contributed by atoms with E-state index in [1.54, 1.807) is 0 Å². The lowest BCUT2D eigenvalue weighted by atomic mass is 9.98. The molecule has 8 nitrogen and oxygen atoms in total. The Kier molecular flexibility index (Phi) is 9.10. The lowest BCUT2D eigenvalue weighted by Gasteiger charge is -2.25. The monoisotopic (exact) mass is 896 g/mol. The molecule has 0 spiro atoms. The Labute approximate surface area is 402 Å². The van der Waals surface area contributed by atoms with Gasteiger partial charge >= 0.3 is 0 Å². The van der Waals surface area contributed by atoms with Gasteiger partial charge in [-0.25, -0.2) is 19.9 Å². The Morgan fingerprint density at radius 1 is 0.357 bits per heavy atom. The van der Waals surface area contributed by atoms with Crippen LogP contribution in [-0.4, -0.2) is 35.9 Å². The Bertz CT molecular complexity index is 4250. The molecule has 70 heavy (non-hydrogen) atoms. The highest BCUT2D eigenvalue weighted by Gasteiger charge is 2.27. The minimum Gasteiger partial charge on any atom is -0.330 e. The summed E-state index contributed by atoms with van der Waals surface area (Å²) in [6, 6.07) is 80.5. The molecule has 1 unspecified atom stereocenters. The molecule has 0 radical (unpaired) electrons. The van der Waals surface area contributed by atoms with E-state index in [0.29, 0.717) is 29.3 Å². The molecular weight excluding hydrogens is 857 g/mol. The minimum absolute atomic E-state index is 0.364. The van der Waals surface area contributed by atoms with Crippen molar-refractivity contribution >= 4 is 77.0 Å². The van der Waals surface area contributed by atoms with Crippen LogP contribution in [0.3, 0.4) is 0 Å². The third-order valence-corrected chi connectivity index (χ3v) is 13.6. The van der Waals surface area contributed by atoms with Crippen LogP contribution < -0.4 is 5.32 Å². The highest BCUT2D eigenvalue weighted by atomic mass is 15.3. The minimum atomic E-state index is -0.364. The Morgan fingerprint density at radius 2 is 0.886 bits per heavy atom. The maximum atomic E-state index is 5.36. The summed E-state index contributed by atoms with van der Waals surface area (Å²) in [5.74, 6) is 3.22. The Hall–Kier alpha value is -9.53. The Morgan fingerprint density at radius 3 is 1.59 bits per heavy atom. The van der Waals surface area contributed by atoms with Gasteiger partial charge in [0.15, 0.2) is 23.3 Å². The molecule has 10 aromatic carbocycles. The molecule has 13 aromatic rings. The second-order valence-corrected chi connectivity index (χ2v) is 17.7. The number of nitrogens with zero attached hydrogens (tertiary/aromatic N) is 7. The second kappa shape index (κ2) is 16.1. The van der Waals surface area contributed by atoms with Crippen LogP contribution in [0, 0.1) is 0 Å². The average Bonchev–Trinajstić information content (AvgIpc) is 3.97. The zero-order chi connectivity index (χ0) is 46.1. The van der Waals surface area contributed by atoms with E-state index in [0.717, 1.165) is 87.9 Å². The maximum Gasteiger partial charge on any atom is 0.212 e. The van der Waals surface area contributed by atoms with Crippen molar-refractivity contribution in [3.63, 3.8) is 0 Å². The molecule has 0 saturated heterocycles. The van der Waals surface area contributed by atoms with Crippen molar-refractivity contribution < 1.29 is 0 Å². The molecule has 1 aliphatic heterocycles. The molecule has 8 heteroatoms. The number of rotatable bonds is 6. The van der Waals surface area contributed by atoms with Crippen LogP contribution in [0.15, 0.2) is 241 Å². The summed E-state index contributed by atoms with van der Waals surface area (Å²) in [5, 5.41) is 13.0. The SMILES string of the molecule is c1ccc(C2=NC(c3ccccc3)NC(n3c4ccccc4c4ccc5c6ccccc6n(-c6ccc(-c7nc(-c8ccccc8)nc(-c8cccc9c8ccc8ccccc89)n7)cc6)c5c43)=N2)cc1. The van der Waals surface area contributed by atoms with E-state index < -0.39 is 0 Å².